The van der Waals surface area contributed by atoms with Crippen molar-refractivity contribution in [3.05, 3.63) is 54.3 Å². The highest BCUT2D eigenvalue weighted by Gasteiger charge is 2.35. The van der Waals surface area contributed by atoms with Crippen LogP contribution < -0.4 is 10.6 Å². The van der Waals surface area contributed by atoms with Gasteiger partial charge in [0.2, 0.25) is 10.0 Å². The molecule has 0 bridgehead atoms. The first kappa shape index (κ1) is 20.7. The molecule has 1 fully saturated rings. The van der Waals surface area contributed by atoms with Gasteiger partial charge in [0.05, 0.1) is 4.90 Å². The third kappa shape index (κ3) is 4.68. The Kier molecular flexibility index (Phi) is 6.32. The van der Waals surface area contributed by atoms with Crippen LogP contribution in [-0.2, 0) is 10.0 Å². The highest BCUT2D eigenvalue weighted by Crippen LogP contribution is 2.30. The van der Waals surface area contributed by atoms with Crippen LogP contribution in [0.3, 0.4) is 0 Å². The number of hydrogen-bond acceptors (Lipinski definition) is 3. The van der Waals surface area contributed by atoms with E-state index in [1.807, 2.05) is 13.8 Å². The molecule has 0 radical (unpaired) electrons. The van der Waals surface area contributed by atoms with Gasteiger partial charge in [-0.15, -0.1) is 0 Å². The summed E-state index contributed by atoms with van der Waals surface area (Å²) in [4.78, 5) is 0.274. The Labute approximate surface area is 171 Å². The number of piperidine rings is 1. The average molecular weight is 422 g/mol. The molecular formula is C20H24FN3O2S2. The van der Waals surface area contributed by atoms with Gasteiger partial charge in [-0.1, -0.05) is 6.42 Å². The van der Waals surface area contributed by atoms with Crippen molar-refractivity contribution in [3.63, 3.8) is 0 Å². The van der Waals surface area contributed by atoms with Gasteiger partial charge in [0.25, 0.3) is 0 Å². The second-order valence-electron chi connectivity index (χ2n) is 7.07. The molecule has 1 aliphatic rings. The fourth-order valence-corrected chi connectivity index (χ4v) is 5.65. The normalized spacial score (nSPS) is 20.5. The van der Waals surface area contributed by atoms with E-state index in [9.17, 15) is 12.8 Å². The molecule has 0 spiro atoms. The lowest BCUT2D eigenvalue weighted by Crippen LogP contribution is -2.47. The zero-order valence-electron chi connectivity index (χ0n) is 15.9. The van der Waals surface area contributed by atoms with Crippen LogP contribution in [0.5, 0.6) is 0 Å². The predicted octanol–water partition coefficient (Wildman–Crippen LogP) is 4.59. The fraction of sp³-hybridized carbons (Fsp3) is 0.350. The molecule has 0 aromatic heterocycles. The summed E-state index contributed by atoms with van der Waals surface area (Å²) in [5, 5.41) is 6.29. The number of nitrogens with one attached hydrogen (secondary N) is 2. The largest absolute Gasteiger partial charge is 0.332 e. The standard InChI is InChI=1S/C20H24FN3O2S2/c1-14-4-3-5-15(2)24(14)28(25,26)19-12-10-18(11-13-19)23-20(27)22-17-8-6-16(21)7-9-17/h6-15H,3-5H2,1-2H3,(H2,22,23,27)/t14-,15+. The van der Waals surface area contributed by atoms with Crippen LogP contribution in [-0.4, -0.2) is 29.9 Å². The van der Waals surface area contributed by atoms with Gasteiger partial charge in [0.1, 0.15) is 5.82 Å². The Bertz CT molecular complexity index is 921. The molecule has 1 aliphatic heterocycles. The minimum absolute atomic E-state index is 0.000890. The second-order valence-corrected chi connectivity index (χ2v) is 9.33. The SMILES string of the molecule is C[C@@H]1CCC[C@H](C)N1S(=O)(=O)c1ccc(NC(=S)Nc2ccc(F)cc2)cc1. The molecule has 1 saturated heterocycles. The number of hydrogen-bond donors (Lipinski definition) is 2. The molecule has 0 aliphatic carbocycles. The molecule has 1 heterocycles. The number of thiocarbonyl (C=S) groups is 1. The van der Waals surface area contributed by atoms with Gasteiger partial charge in [-0.2, -0.15) is 4.31 Å². The van der Waals surface area contributed by atoms with Gasteiger partial charge < -0.3 is 10.6 Å². The number of sulfonamides is 1. The van der Waals surface area contributed by atoms with Crippen LogP contribution in [0.1, 0.15) is 33.1 Å². The molecule has 150 valence electrons. The van der Waals surface area contributed by atoms with Crippen molar-refractivity contribution in [3.8, 4) is 0 Å². The number of halogens is 1. The molecule has 5 nitrogen and oxygen atoms in total. The van der Waals surface area contributed by atoms with E-state index in [1.165, 1.54) is 12.1 Å². The van der Waals surface area contributed by atoms with Crippen LogP contribution in [0.15, 0.2) is 53.4 Å². The number of nitrogens with zero attached hydrogens (tertiary/aromatic N) is 1. The fourth-order valence-electron chi connectivity index (χ4n) is 3.53. The van der Waals surface area contributed by atoms with E-state index in [1.54, 1.807) is 40.7 Å². The van der Waals surface area contributed by atoms with Crippen LogP contribution in [0.25, 0.3) is 0 Å². The molecule has 2 aromatic carbocycles. The van der Waals surface area contributed by atoms with Crippen LogP contribution >= 0.6 is 12.2 Å². The van der Waals surface area contributed by atoms with Crippen molar-refractivity contribution in [2.24, 2.45) is 0 Å². The van der Waals surface area contributed by atoms with Crippen molar-refractivity contribution < 1.29 is 12.8 Å². The monoisotopic (exact) mass is 421 g/mol. The molecule has 2 atom stereocenters. The minimum atomic E-state index is -3.54. The molecule has 2 aromatic rings. The molecular weight excluding hydrogens is 397 g/mol. The van der Waals surface area contributed by atoms with Crippen molar-refractivity contribution in [1.29, 1.82) is 0 Å². The maximum absolute atomic E-state index is 13.0. The molecule has 0 amide bonds. The lowest BCUT2D eigenvalue weighted by atomic mass is 10.0. The Morgan fingerprint density at radius 3 is 1.93 bits per heavy atom. The van der Waals surface area contributed by atoms with Gasteiger partial charge in [0.15, 0.2) is 5.11 Å². The van der Waals surface area contributed by atoms with Crippen molar-refractivity contribution in [1.82, 2.24) is 4.31 Å². The molecule has 3 rings (SSSR count). The van der Waals surface area contributed by atoms with Crippen molar-refractivity contribution in [2.75, 3.05) is 10.6 Å². The Morgan fingerprint density at radius 2 is 1.43 bits per heavy atom. The summed E-state index contributed by atoms with van der Waals surface area (Å²) in [6, 6.07) is 12.4. The molecule has 8 heteroatoms. The maximum atomic E-state index is 13.0. The molecule has 28 heavy (non-hydrogen) atoms. The highest BCUT2D eigenvalue weighted by molar-refractivity contribution is 7.89. The van der Waals surface area contributed by atoms with Crippen molar-refractivity contribution in [2.45, 2.75) is 50.1 Å². The summed E-state index contributed by atoms with van der Waals surface area (Å²) in [5.74, 6) is -0.321. The summed E-state index contributed by atoms with van der Waals surface area (Å²) in [6.07, 6.45) is 2.81. The van der Waals surface area contributed by atoms with Crippen LogP contribution in [0.4, 0.5) is 15.8 Å². The quantitative estimate of drug-likeness (QED) is 0.708. The number of anilines is 2. The summed E-state index contributed by atoms with van der Waals surface area (Å²) in [6.45, 7) is 3.92. The van der Waals surface area contributed by atoms with Crippen LogP contribution in [0.2, 0.25) is 0 Å². The molecule has 2 N–H and O–H groups in total. The molecule has 0 saturated carbocycles. The zero-order chi connectivity index (χ0) is 20.3. The summed E-state index contributed by atoms with van der Waals surface area (Å²) < 4.78 is 40.7. The lowest BCUT2D eigenvalue weighted by molar-refractivity contribution is 0.204. The molecule has 0 unspecified atom stereocenters. The first-order valence-corrected chi connectivity index (χ1v) is 11.1. The summed E-state index contributed by atoms with van der Waals surface area (Å²) in [7, 11) is -3.54. The smallest absolute Gasteiger partial charge is 0.243 e. The Balaban J connectivity index is 1.68. The first-order chi connectivity index (χ1) is 13.3. The second kappa shape index (κ2) is 8.55. The maximum Gasteiger partial charge on any atom is 0.243 e. The lowest BCUT2D eigenvalue weighted by Gasteiger charge is -2.37. The van der Waals surface area contributed by atoms with E-state index in [0.29, 0.717) is 16.5 Å². The Hall–Kier alpha value is -2.03. The van der Waals surface area contributed by atoms with E-state index >= 15 is 0 Å². The topological polar surface area (TPSA) is 61.4 Å². The van der Waals surface area contributed by atoms with E-state index in [-0.39, 0.29) is 22.8 Å². The first-order valence-electron chi connectivity index (χ1n) is 9.24. The van der Waals surface area contributed by atoms with E-state index in [0.717, 1.165) is 19.3 Å². The van der Waals surface area contributed by atoms with E-state index < -0.39 is 10.0 Å². The third-order valence-corrected chi connectivity index (χ3v) is 7.25. The van der Waals surface area contributed by atoms with Crippen molar-refractivity contribution >= 4 is 38.7 Å². The van der Waals surface area contributed by atoms with Gasteiger partial charge in [-0.3, -0.25) is 0 Å². The van der Waals surface area contributed by atoms with Gasteiger partial charge in [0, 0.05) is 23.5 Å². The average Bonchev–Trinajstić information content (AvgIpc) is 2.64. The number of rotatable bonds is 4. The van der Waals surface area contributed by atoms with Gasteiger partial charge in [-0.25, -0.2) is 12.8 Å². The minimum Gasteiger partial charge on any atom is -0.332 e. The number of benzene rings is 2. The summed E-state index contributed by atoms with van der Waals surface area (Å²) in [5.41, 5.74) is 1.32. The zero-order valence-corrected chi connectivity index (χ0v) is 17.5. The van der Waals surface area contributed by atoms with E-state index in [2.05, 4.69) is 10.6 Å². The summed E-state index contributed by atoms with van der Waals surface area (Å²) >= 11 is 5.25. The van der Waals surface area contributed by atoms with Gasteiger partial charge >= 0.3 is 0 Å². The van der Waals surface area contributed by atoms with E-state index in [4.69, 9.17) is 12.2 Å². The highest BCUT2D eigenvalue weighted by atomic mass is 32.2. The predicted molar refractivity (Wildman–Crippen MR) is 114 cm³/mol. The van der Waals surface area contributed by atoms with Gasteiger partial charge in [-0.05, 0) is 87.4 Å². The Morgan fingerprint density at radius 1 is 0.964 bits per heavy atom. The third-order valence-electron chi connectivity index (χ3n) is 4.90. The van der Waals surface area contributed by atoms with Crippen LogP contribution in [0, 0.1) is 5.82 Å².